The van der Waals surface area contributed by atoms with E-state index in [2.05, 4.69) is 4.72 Å². The average molecular weight is 342 g/mol. The van der Waals surface area contributed by atoms with E-state index in [-0.39, 0.29) is 26.2 Å². The summed E-state index contributed by atoms with van der Waals surface area (Å²) in [4.78, 5) is -0.151. The predicted molar refractivity (Wildman–Crippen MR) is 82.8 cm³/mol. The number of nitrogens with one attached hydrogen (secondary N) is 1. The highest BCUT2D eigenvalue weighted by atomic mass is 35.5. The first kappa shape index (κ1) is 15.4. The molecule has 21 heavy (non-hydrogen) atoms. The Bertz CT molecular complexity index is 845. The van der Waals surface area contributed by atoms with Crippen molar-refractivity contribution in [3.63, 3.8) is 0 Å². The largest absolute Gasteiger partial charge is 0.399 e. The normalized spacial score (nSPS) is 10.9. The van der Waals surface area contributed by atoms with Crippen LogP contribution in [-0.2, 0) is 10.0 Å². The van der Waals surface area contributed by atoms with Crippen molar-refractivity contribution in [3.8, 4) is 6.07 Å². The highest BCUT2D eigenvalue weighted by molar-refractivity contribution is 7.92. The van der Waals surface area contributed by atoms with Crippen molar-refractivity contribution in [2.75, 3.05) is 10.5 Å². The molecule has 0 aliphatic rings. The van der Waals surface area contributed by atoms with Crippen LogP contribution in [-0.4, -0.2) is 8.42 Å². The van der Waals surface area contributed by atoms with Crippen LogP contribution in [0.3, 0.4) is 0 Å². The molecule has 0 radical (unpaired) electrons. The predicted octanol–water partition coefficient (Wildman–Crippen LogP) is 3.25. The van der Waals surface area contributed by atoms with Crippen LogP contribution in [0.4, 0.5) is 11.4 Å². The van der Waals surface area contributed by atoms with Crippen molar-refractivity contribution in [1.29, 1.82) is 5.26 Å². The summed E-state index contributed by atoms with van der Waals surface area (Å²) in [6.07, 6.45) is 0. The molecule has 0 spiro atoms. The number of benzene rings is 2. The molecule has 8 heteroatoms. The van der Waals surface area contributed by atoms with Gasteiger partial charge in [-0.05, 0) is 36.4 Å². The van der Waals surface area contributed by atoms with E-state index in [0.29, 0.717) is 5.69 Å². The number of nitriles is 1. The molecule has 2 rings (SSSR count). The fourth-order valence-electron chi connectivity index (χ4n) is 1.61. The van der Waals surface area contributed by atoms with Crippen LogP contribution in [0.5, 0.6) is 0 Å². The molecule has 3 N–H and O–H groups in total. The van der Waals surface area contributed by atoms with Crippen LogP contribution in [0.1, 0.15) is 5.56 Å². The van der Waals surface area contributed by atoms with Gasteiger partial charge >= 0.3 is 0 Å². The van der Waals surface area contributed by atoms with E-state index in [1.807, 2.05) is 6.07 Å². The van der Waals surface area contributed by atoms with Crippen molar-refractivity contribution < 1.29 is 8.42 Å². The number of hydrogen-bond donors (Lipinski definition) is 2. The summed E-state index contributed by atoms with van der Waals surface area (Å²) in [5, 5.41) is 8.90. The lowest BCUT2D eigenvalue weighted by Crippen LogP contribution is -2.14. The Kier molecular flexibility index (Phi) is 4.28. The Hall–Kier alpha value is -1.94. The Morgan fingerprint density at radius 1 is 1.10 bits per heavy atom. The van der Waals surface area contributed by atoms with E-state index in [1.165, 1.54) is 30.3 Å². The number of rotatable bonds is 3. The van der Waals surface area contributed by atoms with Crippen LogP contribution in [0.25, 0.3) is 0 Å². The van der Waals surface area contributed by atoms with Crippen molar-refractivity contribution >= 4 is 44.6 Å². The second-order valence-electron chi connectivity index (χ2n) is 4.10. The number of anilines is 2. The molecular formula is C13H9Cl2N3O2S. The molecule has 0 unspecified atom stereocenters. The zero-order chi connectivity index (χ0) is 15.6. The van der Waals surface area contributed by atoms with Crippen LogP contribution < -0.4 is 10.5 Å². The van der Waals surface area contributed by atoms with Gasteiger partial charge in [-0.2, -0.15) is 5.26 Å². The lowest BCUT2D eigenvalue weighted by atomic mass is 10.2. The van der Waals surface area contributed by atoms with E-state index in [4.69, 9.17) is 34.2 Å². The summed E-state index contributed by atoms with van der Waals surface area (Å²) in [5.41, 5.74) is 6.38. The van der Waals surface area contributed by atoms with Crippen LogP contribution in [0.15, 0.2) is 41.3 Å². The molecule has 0 aliphatic carbocycles. The Balaban J connectivity index is 2.44. The molecule has 0 atom stereocenters. The zero-order valence-corrected chi connectivity index (χ0v) is 12.8. The Morgan fingerprint density at radius 3 is 2.43 bits per heavy atom. The van der Waals surface area contributed by atoms with Gasteiger partial charge in [-0.3, -0.25) is 4.72 Å². The maximum Gasteiger partial charge on any atom is 0.263 e. The number of nitrogens with two attached hydrogens (primary N) is 1. The minimum absolute atomic E-state index is 0.0541. The zero-order valence-electron chi connectivity index (χ0n) is 10.5. The van der Waals surface area contributed by atoms with Crippen LogP contribution >= 0.6 is 23.2 Å². The fourth-order valence-corrected chi connectivity index (χ4v) is 3.45. The van der Waals surface area contributed by atoms with Crippen molar-refractivity contribution in [1.82, 2.24) is 0 Å². The molecular weight excluding hydrogens is 333 g/mol. The molecule has 0 saturated carbocycles. The monoisotopic (exact) mass is 341 g/mol. The minimum Gasteiger partial charge on any atom is -0.399 e. The SMILES string of the molecule is N#Cc1ccc(S(=O)(=O)Nc2cc(N)ccc2Cl)c(Cl)c1. The van der Waals surface area contributed by atoms with Gasteiger partial charge in [-0.15, -0.1) is 0 Å². The molecule has 0 aromatic heterocycles. The molecule has 0 bridgehead atoms. The molecule has 108 valence electrons. The third kappa shape index (κ3) is 3.39. The molecule has 0 amide bonds. The summed E-state index contributed by atoms with van der Waals surface area (Å²) < 4.78 is 26.9. The van der Waals surface area contributed by atoms with Gasteiger partial charge in [0.15, 0.2) is 0 Å². The van der Waals surface area contributed by atoms with Gasteiger partial charge in [0, 0.05) is 5.69 Å². The summed E-state index contributed by atoms with van der Waals surface area (Å²) in [6, 6.07) is 10.2. The summed E-state index contributed by atoms with van der Waals surface area (Å²) in [7, 11) is -3.94. The number of sulfonamides is 1. The lowest BCUT2D eigenvalue weighted by molar-refractivity contribution is 0.601. The number of nitrogen functional groups attached to an aromatic ring is 1. The summed E-state index contributed by atoms with van der Waals surface area (Å²) >= 11 is 11.8. The van der Waals surface area contributed by atoms with Gasteiger partial charge in [0.2, 0.25) is 0 Å². The van der Waals surface area contributed by atoms with Gasteiger partial charge in [-0.25, -0.2) is 8.42 Å². The Morgan fingerprint density at radius 2 is 1.81 bits per heavy atom. The summed E-state index contributed by atoms with van der Waals surface area (Å²) in [5.74, 6) is 0. The molecule has 0 saturated heterocycles. The van der Waals surface area contributed by atoms with E-state index < -0.39 is 10.0 Å². The maximum atomic E-state index is 12.3. The van der Waals surface area contributed by atoms with Crippen molar-refractivity contribution in [2.45, 2.75) is 4.90 Å². The first-order valence-electron chi connectivity index (χ1n) is 5.61. The van der Waals surface area contributed by atoms with E-state index in [0.717, 1.165) is 0 Å². The second kappa shape index (κ2) is 5.82. The van der Waals surface area contributed by atoms with Gasteiger partial charge in [-0.1, -0.05) is 23.2 Å². The molecule has 5 nitrogen and oxygen atoms in total. The third-order valence-electron chi connectivity index (χ3n) is 2.59. The van der Waals surface area contributed by atoms with E-state index in [1.54, 1.807) is 6.07 Å². The quantitative estimate of drug-likeness (QED) is 0.837. The fraction of sp³-hybridized carbons (Fsp3) is 0. The van der Waals surface area contributed by atoms with E-state index >= 15 is 0 Å². The molecule has 0 fully saturated rings. The molecule has 2 aromatic carbocycles. The van der Waals surface area contributed by atoms with Gasteiger partial charge in [0.25, 0.3) is 10.0 Å². The second-order valence-corrected chi connectivity index (χ2v) is 6.57. The first-order chi connectivity index (χ1) is 9.83. The van der Waals surface area contributed by atoms with E-state index in [9.17, 15) is 8.42 Å². The number of hydrogen-bond acceptors (Lipinski definition) is 4. The topological polar surface area (TPSA) is 96.0 Å². The minimum atomic E-state index is -3.94. The number of nitrogens with zero attached hydrogens (tertiary/aromatic N) is 1. The Labute approximate surface area is 132 Å². The van der Waals surface area contributed by atoms with Gasteiger partial charge in [0.05, 0.1) is 27.4 Å². The van der Waals surface area contributed by atoms with Crippen molar-refractivity contribution in [3.05, 3.63) is 52.0 Å². The van der Waals surface area contributed by atoms with Gasteiger partial charge in [0.1, 0.15) is 4.90 Å². The smallest absolute Gasteiger partial charge is 0.263 e. The maximum absolute atomic E-state index is 12.3. The van der Waals surface area contributed by atoms with Crippen LogP contribution in [0, 0.1) is 11.3 Å². The summed E-state index contributed by atoms with van der Waals surface area (Å²) in [6.45, 7) is 0. The third-order valence-corrected chi connectivity index (χ3v) is 4.76. The molecule has 2 aromatic rings. The van der Waals surface area contributed by atoms with Crippen molar-refractivity contribution in [2.24, 2.45) is 0 Å². The first-order valence-corrected chi connectivity index (χ1v) is 7.85. The van der Waals surface area contributed by atoms with Crippen LogP contribution in [0.2, 0.25) is 10.0 Å². The molecule has 0 aliphatic heterocycles. The molecule has 0 heterocycles. The standard InChI is InChI=1S/C13H9Cl2N3O2S/c14-10-3-2-9(17)6-12(10)18-21(19,20)13-4-1-8(7-16)5-11(13)15/h1-6,18H,17H2. The number of halogens is 2. The lowest BCUT2D eigenvalue weighted by Gasteiger charge is -2.11. The average Bonchev–Trinajstić information content (AvgIpc) is 2.42. The van der Waals surface area contributed by atoms with Gasteiger partial charge < -0.3 is 5.73 Å². The highest BCUT2D eigenvalue weighted by Gasteiger charge is 2.19. The highest BCUT2D eigenvalue weighted by Crippen LogP contribution is 2.29.